The lowest BCUT2D eigenvalue weighted by Crippen LogP contribution is -2.35. The van der Waals surface area contributed by atoms with Crippen molar-refractivity contribution in [1.29, 1.82) is 0 Å². The molecule has 1 amide bonds. The number of hydrogen-bond donors (Lipinski definition) is 2. The highest BCUT2D eigenvalue weighted by Crippen LogP contribution is 2.30. The summed E-state index contributed by atoms with van der Waals surface area (Å²) in [4.78, 5) is 34.7. The number of rotatable bonds is 4. The first kappa shape index (κ1) is 21.9. The molecule has 0 saturated carbocycles. The number of aliphatic imine (C=N–C) groups is 1. The number of carbonyl (C=O) groups excluding carboxylic acids is 2. The van der Waals surface area contributed by atoms with Gasteiger partial charge in [0, 0.05) is 17.6 Å². The summed E-state index contributed by atoms with van der Waals surface area (Å²) in [6.45, 7) is 7.49. The summed E-state index contributed by atoms with van der Waals surface area (Å²) in [7, 11) is 0. The van der Waals surface area contributed by atoms with Gasteiger partial charge < -0.3 is 15.4 Å². The normalized spacial score (nSPS) is 12.9. The zero-order valence-electron chi connectivity index (χ0n) is 18.8. The van der Waals surface area contributed by atoms with E-state index in [1.807, 2.05) is 38.1 Å². The van der Waals surface area contributed by atoms with E-state index in [9.17, 15) is 9.59 Å². The first-order valence-electron chi connectivity index (χ1n) is 10.5. The lowest BCUT2D eigenvalue weighted by atomic mass is 10.1. The molecule has 0 fully saturated rings. The van der Waals surface area contributed by atoms with Crippen LogP contribution in [0.5, 0.6) is 0 Å². The van der Waals surface area contributed by atoms with Crippen molar-refractivity contribution in [3.8, 4) is 5.82 Å². The number of ether oxygens (including phenoxy) is 1. The fourth-order valence-electron chi connectivity index (χ4n) is 3.52. The molecule has 0 bridgehead atoms. The summed E-state index contributed by atoms with van der Waals surface area (Å²) >= 11 is 0. The van der Waals surface area contributed by atoms with Crippen molar-refractivity contribution in [1.82, 2.24) is 20.1 Å². The second-order valence-electron chi connectivity index (χ2n) is 7.52. The molecule has 9 nitrogen and oxygen atoms in total. The third-order valence-electron chi connectivity index (χ3n) is 5.02. The van der Waals surface area contributed by atoms with Gasteiger partial charge in [0.2, 0.25) is 0 Å². The first-order chi connectivity index (χ1) is 15.9. The molecule has 0 saturated heterocycles. The summed E-state index contributed by atoms with van der Waals surface area (Å²) in [5.74, 6) is -0.316. The number of aryl methyl sites for hydroxylation is 2. The monoisotopic (exact) mass is 444 g/mol. The van der Waals surface area contributed by atoms with Crippen LogP contribution in [0, 0.1) is 13.8 Å². The van der Waals surface area contributed by atoms with Crippen LogP contribution >= 0.6 is 0 Å². The second-order valence-corrected chi connectivity index (χ2v) is 7.52. The van der Waals surface area contributed by atoms with Gasteiger partial charge in [-0.05, 0) is 58.0 Å². The van der Waals surface area contributed by atoms with Crippen molar-refractivity contribution in [3.05, 3.63) is 76.9 Å². The Hall–Kier alpha value is -4.27. The fourth-order valence-corrected chi connectivity index (χ4v) is 3.52. The van der Waals surface area contributed by atoms with Crippen LogP contribution < -0.4 is 10.6 Å². The molecular weight excluding hydrogens is 420 g/mol. The zero-order valence-corrected chi connectivity index (χ0v) is 18.8. The van der Waals surface area contributed by atoms with E-state index in [4.69, 9.17) is 4.74 Å². The number of allylic oxidation sites excluding steroid dienone is 1. The van der Waals surface area contributed by atoms with Gasteiger partial charge in [-0.25, -0.2) is 19.5 Å². The van der Waals surface area contributed by atoms with E-state index in [-0.39, 0.29) is 18.0 Å². The van der Waals surface area contributed by atoms with Gasteiger partial charge in [0.05, 0.1) is 29.2 Å². The number of pyridine rings is 1. The Bertz CT molecular complexity index is 1290. The highest BCUT2D eigenvalue weighted by molar-refractivity contribution is 6.25. The number of nitrogens with one attached hydrogen (secondary N) is 2. The van der Waals surface area contributed by atoms with E-state index in [0.29, 0.717) is 22.8 Å². The highest BCUT2D eigenvalue weighted by Gasteiger charge is 2.26. The molecule has 1 aliphatic rings. The number of hydrogen-bond acceptors (Lipinski definition) is 7. The van der Waals surface area contributed by atoms with Crippen LogP contribution in [0.2, 0.25) is 0 Å². The van der Waals surface area contributed by atoms with Crippen LogP contribution in [-0.4, -0.2) is 39.1 Å². The maximum atomic E-state index is 13.0. The Labute approximate surface area is 191 Å². The molecule has 0 atom stereocenters. The molecule has 1 aliphatic heterocycles. The van der Waals surface area contributed by atoms with Crippen molar-refractivity contribution < 1.29 is 14.3 Å². The van der Waals surface area contributed by atoms with Gasteiger partial charge in [-0.2, -0.15) is 5.10 Å². The molecule has 3 heterocycles. The molecule has 2 N–H and O–H groups in total. The topological polar surface area (TPSA) is 110 Å². The molecule has 3 aromatic rings. The van der Waals surface area contributed by atoms with Gasteiger partial charge in [-0.15, -0.1) is 0 Å². The number of fused-ring (bicyclic) bond motifs is 1. The van der Waals surface area contributed by atoms with Gasteiger partial charge in [0.15, 0.2) is 5.82 Å². The largest absolute Gasteiger partial charge is 0.462 e. The number of carbonyl (C=O) groups is 2. The smallest absolute Gasteiger partial charge is 0.343 e. The molecule has 0 spiro atoms. The first-order valence-corrected chi connectivity index (χ1v) is 10.5. The van der Waals surface area contributed by atoms with E-state index in [1.165, 1.54) is 6.20 Å². The molecule has 1 aromatic carbocycles. The number of benzene rings is 1. The average Bonchev–Trinajstić information content (AvgIpc) is 3.05. The molecule has 33 heavy (non-hydrogen) atoms. The second kappa shape index (κ2) is 9.07. The van der Waals surface area contributed by atoms with Gasteiger partial charge in [0.1, 0.15) is 11.4 Å². The number of para-hydroxylation sites is 2. The third kappa shape index (κ3) is 4.52. The van der Waals surface area contributed by atoms with Crippen molar-refractivity contribution in [2.45, 2.75) is 27.7 Å². The van der Waals surface area contributed by atoms with Crippen LogP contribution in [0.4, 0.5) is 11.4 Å². The summed E-state index contributed by atoms with van der Waals surface area (Å²) in [6, 6.07) is 12.6. The fraction of sp³-hybridized carbons (Fsp3) is 0.208. The minimum Gasteiger partial charge on any atom is -0.462 e. The molecule has 0 radical (unpaired) electrons. The number of esters is 1. The quantitative estimate of drug-likeness (QED) is 0.595. The maximum Gasteiger partial charge on any atom is 0.343 e. The third-order valence-corrected chi connectivity index (χ3v) is 5.02. The average molecular weight is 444 g/mol. The summed E-state index contributed by atoms with van der Waals surface area (Å²) < 4.78 is 6.92. The van der Waals surface area contributed by atoms with Crippen LogP contribution in [0.1, 0.15) is 35.6 Å². The number of amidine groups is 1. The highest BCUT2D eigenvalue weighted by atomic mass is 16.5. The zero-order chi connectivity index (χ0) is 23.5. The predicted molar refractivity (Wildman–Crippen MR) is 125 cm³/mol. The van der Waals surface area contributed by atoms with Crippen LogP contribution in [-0.2, 0) is 9.53 Å². The Morgan fingerprint density at radius 2 is 1.91 bits per heavy atom. The van der Waals surface area contributed by atoms with E-state index in [2.05, 4.69) is 25.7 Å². The van der Waals surface area contributed by atoms with Crippen LogP contribution in [0.3, 0.4) is 0 Å². The molecule has 0 unspecified atom stereocenters. The van der Waals surface area contributed by atoms with Crippen molar-refractivity contribution in [2.24, 2.45) is 4.99 Å². The van der Waals surface area contributed by atoms with E-state index in [0.717, 1.165) is 17.1 Å². The predicted octanol–water partition coefficient (Wildman–Crippen LogP) is 3.61. The minimum absolute atomic E-state index is 0.107. The Morgan fingerprint density at radius 3 is 2.58 bits per heavy atom. The molecular formula is C24H24N6O3. The Morgan fingerprint density at radius 1 is 1.12 bits per heavy atom. The number of anilines is 1. The molecule has 4 rings (SSSR count). The standard InChI is InChI=1S/C24H24N6O3/c1-5-33-24(32)21-16(4)26-18-8-6-7-9-19(18)27-22(21)28-23(31)17-10-11-20(25-13-17)30-15(3)12-14(2)29-30/h6-13,26H,5H2,1-4H3,(H,27,28,31). The number of aromatic nitrogens is 3. The lowest BCUT2D eigenvalue weighted by Gasteiger charge is -2.13. The maximum absolute atomic E-state index is 13.0. The van der Waals surface area contributed by atoms with Crippen LogP contribution in [0.15, 0.2) is 64.9 Å². The van der Waals surface area contributed by atoms with E-state index < -0.39 is 11.9 Å². The number of nitrogens with zero attached hydrogens (tertiary/aromatic N) is 4. The molecule has 2 aromatic heterocycles. The van der Waals surface area contributed by atoms with Crippen molar-refractivity contribution in [2.75, 3.05) is 11.9 Å². The number of amides is 1. The summed E-state index contributed by atoms with van der Waals surface area (Å²) in [5, 5.41) is 10.3. The Kier molecular flexibility index (Phi) is 6.03. The van der Waals surface area contributed by atoms with E-state index in [1.54, 1.807) is 36.7 Å². The molecule has 168 valence electrons. The van der Waals surface area contributed by atoms with Gasteiger partial charge in [-0.3, -0.25) is 4.79 Å². The van der Waals surface area contributed by atoms with Gasteiger partial charge in [0.25, 0.3) is 5.91 Å². The van der Waals surface area contributed by atoms with Crippen molar-refractivity contribution in [3.63, 3.8) is 0 Å². The lowest BCUT2D eigenvalue weighted by molar-refractivity contribution is -0.137. The summed E-state index contributed by atoms with van der Waals surface area (Å²) in [6.07, 6.45) is 1.46. The minimum atomic E-state index is -0.577. The molecule has 0 aliphatic carbocycles. The van der Waals surface area contributed by atoms with Crippen molar-refractivity contribution >= 4 is 29.1 Å². The Balaban J connectivity index is 1.65. The summed E-state index contributed by atoms with van der Waals surface area (Å²) in [5.41, 5.74) is 4.13. The molecule has 9 heteroatoms. The van der Waals surface area contributed by atoms with E-state index >= 15 is 0 Å². The van der Waals surface area contributed by atoms with Crippen LogP contribution in [0.25, 0.3) is 5.82 Å². The van der Waals surface area contributed by atoms with Gasteiger partial charge >= 0.3 is 5.97 Å². The van der Waals surface area contributed by atoms with Gasteiger partial charge in [-0.1, -0.05) is 12.1 Å². The SMILES string of the molecule is CCOC(=O)C1=C(C)Nc2ccccc2N=C1NC(=O)c1ccc(-n2nc(C)cc2C)nc1.